The minimum atomic E-state index is -4.55. The van der Waals surface area contributed by atoms with Crippen molar-refractivity contribution in [1.29, 1.82) is 0 Å². The topological polar surface area (TPSA) is 48.1 Å². The molecule has 2 aromatic rings. The largest absolute Gasteiger partial charge is 0.497 e. The van der Waals surface area contributed by atoms with E-state index in [9.17, 15) is 13.2 Å². The van der Waals surface area contributed by atoms with Crippen LogP contribution in [0, 0.1) is 0 Å². The van der Waals surface area contributed by atoms with Crippen molar-refractivity contribution < 1.29 is 17.9 Å². The Bertz CT molecular complexity index is 579. The number of ether oxygens (including phenoxy) is 1. The van der Waals surface area contributed by atoms with E-state index in [-0.39, 0.29) is 11.4 Å². The molecule has 6 heteroatoms. The third-order valence-electron chi connectivity index (χ3n) is 2.63. The van der Waals surface area contributed by atoms with Gasteiger partial charge < -0.3 is 10.5 Å². The number of anilines is 1. The zero-order valence-corrected chi connectivity index (χ0v) is 10.0. The monoisotopic (exact) mass is 268 g/mol. The Morgan fingerprint density at radius 2 is 1.74 bits per heavy atom. The van der Waals surface area contributed by atoms with Crippen LogP contribution in [0.25, 0.3) is 11.3 Å². The SMILES string of the molecule is COc1ccc(-c2nccc(N)c2C(F)(F)F)cc1. The summed E-state index contributed by atoms with van der Waals surface area (Å²) in [6.07, 6.45) is -3.29. The molecular weight excluding hydrogens is 257 g/mol. The number of hydrogen-bond donors (Lipinski definition) is 1. The molecule has 0 aliphatic rings. The van der Waals surface area contributed by atoms with E-state index < -0.39 is 11.7 Å². The standard InChI is InChI=1S/C13H11F3N2O/c1-19-9-4-2-8(3-5-9)12-11(13(14,15)16)10(17)6-7-18-12/h2-7H,1H3,(H2,17,18). The van der Waals surface area contributed by atoms with Crippen LogP contribution in [0.3, 0.4) is 0 Å². The smallest absolute Gasteiger partial charge is 0.420 e. The van der Waals surface area contributed by atoms with Crippen molar-refractivity contribution in [1.82, 2.24) is 4.98 Å². The maximum atomic E-state index is 13.0. The van der Waals surface area contributed by atoms with Crippen LogP contribution in [0.15, 0.2) is 36.5 Å². The molecule has 0 fully saturated rings. The van der Waals surface area contributed by atoms with E-state index >= 15 is 0 Å². The van der Waals surface area contributed by atoms with E-state index in [1.165, 1.54) is 25.4 Å². The highest BCUT2D eigenvalue weighted by atomic mass is 19.4. The highest BCUT2D eigenvalue weighted by Gasteiger charge is 2.36. The molecule has 0 radical (unpaired) electrons. The van der Waals surface area contributed by atoms with E-state index in [2.05, 4.69) is 4.98 Å². The molecule has 0 unspecified atom stereocenters. The van der Waals surface area contributed by atoms with Crippen molar-refractivity contribution in [3.05, 3.63) is 42.1 Å². The van der Waals surface area contributed by atoms with Crippen LogP contribution in [-0.4, -0.2) is 12.1 Å². The van der Waals surface area contributed by atoms with Gasteiger partial charge in [-0.15, -0.1) is 0 Å². The Balaban J connectivity index is 2.58. The number of nitrogen functional groups attached to an aromatic ring is 1. The molecule has 2 rings (SSSR count). The molecule has 0 saturated heterocycles. The highest BCUT2D eigenvalue weighted by Crippen LogP contribution is 2.39. The van der Waals surface area contributed by atoms with Crippen LogP contribution in [0.4, 0.5) is 18.9 Å². The summed E-state index contributed by atoms with van der Waals surface area (Å²) in [5.74, 6) is 0.557. The first-order chi connectivity index (χ1) is 8.93. The predicted molar refractivity (Wildman–Crippen MR) is 65.6 cm³/mol. The van der Waals surface area contributed by atoms with E-state index in [1.807, 2.05) is 0 Å². The minimum Gasteiger partial charge on any atom is -0.497 e. The molecule has 1 heterocycles. The molecule has 0 aliphatic heterocycles. The summed E-state index contributed by atoms with van der Waals surface area (Å²) >= 11 is 0. The van der Waals surface area contributed by atoms with Crippen LogP contribution in [0.2, 0.25) is 0 Å². The fourth-order valence-corrected chi connectivity index (χ4v) is 1.74. The second-order valence-electron chi connectivity index (χ2n) is 3.85. The van der Waals surface area contributed by atoms with Crippen molar-refractivity contribution >= 4 is 5.69 Å². The fraction of sp³-hybridized carbons (Fsp3) is 0.154. The van der Waals surface area contributed by atoms with Gasteiger partial charge in [0.15, 0.2) is 0 Å². The van der Waals surface area contributed by atoms with Crippen molar-refractivity contribution in [2.24, 2.45) is 0 Å². The Morgan fingerprint density at radius 3 is 2.26 bits per heavy atom. The third kappa shape index (κ3) is 2.62. The van der Waals surface area contributed by atoms with Gasteiger partial charge in [0.2, 0.25) is 0 Å². The predicted octanol–water partition coefficient (Wildman–Crippen LogP) is 3.36. The molecule has 0 amide bonds. The second-order valence-corrected chi connectivity index (χ2v) is 3.85. The number of hydrogen-bond acceptors (Lipinski definition) is 3. The first-order valence-corrected chi connectivity index (χ1v) is 5.39. The summed E-state index contributed by atoms with van der Waals surface area (Å²) in [6, 6.07) is 7.29. The first-order valence-electron chi connectivity index (χ1n) is 5.39. The fourth-order valence-electron chi connectivity index (χ4n) is 1.74. The molecule has 1 aromatic heterocycles. The quantitative estimate of drug-likeness (QED) is 0.908. The number of rotatable bonds is 2. The van der Waals surface area contributed by atoms with E-state index in [1.54, 1.807) is 12.1 Å². The lowest BCUT2D eigenvalue weighted by atomic mass is 10.0. The lowest BCUT2D eigenvalue weighted by molar-refractivity contribution is -0.136. The summed E-state index contributed by atoms with van der Waals surface area (Å²) in [5, 5.41) is 0. The van der Waals surface area contributed by atoms with Crippen LogP contribution >= 0.6 is 0 Å². The van der Waals surface area contributed by atoms with Gasteiger partial charge in [0.05, 0.1) is 12.8 Å². The number of halogens is 3. The number of alkyl halides is 3. The molecule has 0 spiro atoms. The maximum Gasteiger partial charge on any atom is 0.420 e. The van der Waals surface area contributed by atoms with E-state index in [4.69, 9.17) is 10.5 Å². The van der Waals surface area contributed by atoms with Crippen LogP contribution < -0.4 is 10.5 Å². The number of nitrogens with zero attached hydrogens (tertiary/aromatic N) is 1. The zero-order chi connectivity index (χ0) is 14.0. The minimum absolute atomic E-state index is 0.185. The van der Waals surface area contributed by atoms with Gasteiger partial charge in [-0.1, -0.05) is 0 Å². The van der Waals surface area contributed by atoms with Gasteiger partial charge >= 0.3 is 6.18 Å². The lowest BCUT2D eigenvalue weighted by Crippen LogP contribution is -2.12. The summed E-state index contributed by atoms with van der Waals surface area (Å²) in [4.78, 5) is 3.79. The Kier molecular flexibility index (Phi) is 3.33. The molecule has 100 valence electrons. The molecule has 2 N–H and O–H groups in total. The van der Waals surface area contributed by atoms with Crippen molar-refractivity contribution in [3.63, 3.8) is 0 Å². The van der Waals surface area contributed by atoms with Gasteiger partial charge in [-0.2, -0.15) is 13.2 Å². The van der Waals surface area contributed by atoms with Gasteiger partial charge in [0, 0.05) is 17.4 Å². The molecular formula is C13H11F3N2O. The average molecular weight is 268 g/mol. The number of benzene rings is 1. The van der Waals surface area contributed by atoms with Crippen LogP contribution in [0.1, 0.15) is 5.56 Å². The average Bonchev–Trinajstić information content (AvgIpc) is 2.37. The Morgan fingerprint density at radius 1 is 1.11 bits per heavy atom. The van der Waals surface area contributed by atoms with Crippen molar-refractivity contribution in [3.8, 4) is 17.0 Å². The molecule has 3 nitrogen and oxygen atoms in total. The van der Waals surface area contributed by atoms with E-state index in [0.29, 0.717) is 11.3 Å². The second kappa shape index (κ2) is 4.79. The maximum absolute atomic E-state index is 13.0. The molecule has 1 aromatic carbocycles. The number of methoxy groups -OCH3 is 1. The Labute approximate surface area is 107 Å². The summed E-state index contributed by atoms with van der Waals surface area (Å²) < 4.78 is 43.9. The Hall–Kier alpha value is -2.24. The summed E-state index contributed by atoms with van der Waals surface area (Å²) in [6.45, 7) is 0. The molecule has 19 heavy (non-hydrogen) atoms. The van der Waals surface area contributed by atoms with Crippen molar-refractivity contribution in [2.45, 2.75) is 6.18 Å². The third-order valence-corrected chi connectivity index (χ3v) is 2.63. The van der Waals surface area contributed by atoms with Crippen molar-refractivity contribution in [2.75, 3.05) is 12.8 Å². The normalized spacial score (nSPS) is 11.4. The van der Waals surface area contributed by atoms with E-state index in [0.717, 1.165) is 6.07 Å². The van der Waals surface area contributed by atoms with Gasteiger partial charge in [0.25, 0.3) is 0 Å². The van der Waals surface area contributed by atoms with Gasteiger partial charge in [-0.25, -0.2) is 0 Å². The number of pyridine rings is 1. The molecule has 0 saturated carbocycles. The van der Waals surface area contributed by atoms with Gasteiger partial charge in [-0.3, -0.25) is 4.98 Å². The van der Waals surface area contributed by atoms with Gasteiger partial charge in [-0.05, 0) is 30.3 Å². The highest BCUT2D eigenvalue weighted by molar-refractivity contribution is 5.70. The van der Waals surface area contributed by atoms with Gasteiger partial charge in [0.1, 0.15) is 11.3 Å². The summed E-state index contributed by atoms with van der Waals surface area (Å²) in [7, 11) is 1.48. The molecule has 0 bridgehead atoms. The molecule has 0 aliphatic carbocycles. The molecule has 0 atom stereocenters. The first kappa shape index (κ1) is 13.2. The summed E-state index contributed by atoms with van der Waals surface area (Å²) in [5.41, 5.74) is 4.31. The van der Waals surface area contributed by atoms with Crippen LogP contribution in [-0.2, 0) is 6.18 Å². The zero-order valence-electron chi connectivity index (χ0n) is 10.0. The van der Waals surface area contributed by atoms with Crippen LogP contribution in [0.5, 0.6) is 5.75 Å². The number of nitrogens with two attached hydrogens (primary N) is 1. The lowest BCUT2D eigenvalue weighted by Gasteiger charge is -2.14. The number of aromatic nitrogens is 1.